The second-order valence-corrected chi connectivity index (χ2v) is 5.90. The quantitative estimate of drug-likeness (QED) is 0.874. The molecule has 1 aromatic carbocycles. The Morgan fingerprint density at radius 1 is 1.12 bits per heavy atom. The highest BCUT2D eigenvalue weighted by molar-refractivity contribution is 5.87. The predicted octanol–water partition coefficient (Wildman–Crippen LogP) is 0.564. The molecule has 0 radical (unpaired) electrons. The van der Waals surface area contributed by atoms with Crippen molar-refractivity contribution in [2.24, 2.45) is 0 Å². The highest BCUT2D eigenvalue weighted by atomic mass is 19.1. The number of nitrogens with zero attached hydrogens (tertiary/aromatic N) is 2. The fourth-order valence-electron chi connectivity index (χ4n) is 2.73. The molecule has 130 valence electrons. The van der Waals surface area contributed by atoms with Gasteiger partial charge in [-0.2, -0.15) is 0 Å². The van der Waals surface area contributed by atoms with Crippen molar-refractivity contribution in [3.63, 3.8) is 0 Å². The molecule has 0 bridgehead atoms. The van der Waals surface area contributed by atoms with Gasteiger partial charge in [0.25, 0.3) is 0 Å². The van der Waals surface area contributed by atoms with Crippen molar-refractivity contribution in [3.05, 3.63) is 35.6 Å². The first-order valence-electron chi connectivity index (χ1n) is 7.95. The number of hydrogen-bond donors (Lipinski definition) is 1. The molecule has 1 aliphatic rings. The molecule has 24 heavy (non-hydrogen) atoms. The minimum Gasteiger partial charge on any atom is -0.345 e. The Morgan fingerprint density at radius 2 is 1.71 bits per heavy atom. The third-order valence-electron chi connectivity index (χ3n) is 4.03. The topological polar surface area (TPSA) is 69.7 Å². The summed E-state index contributed by atoms with van der Waals surface area (Å²) in [4.78, 5) is 38.8. The number of benzene rings is 1. The van der Waals surface area contributed by atoms with E-state index < -0.39 is 6.04 Å². The lowest BCUT2D eigenvalue weighted by molar-refractivity contribution is -0.141. The summed E-state index contributed by atoms with van der Waals surface area (Å²) in [7, 11) is 0. The van der Waals surface area contributed by atoms with Crippen LogP contribution in [0.1, 0.15) is 19.4 Å². The normalized spacial score (nSPS) is 15.8. The molecule has 1 N–H and O–H groups in total. The molecule has 0 aromatic heterocycles. The van der Waals surface area contributed by atoms with Crippen LogP contribution in [0, 0.1) is 5.82 Å². The number of rotatable bonds is 4. The molecule has 6 nitrogen and oxygen atoms in total. The van der Waals surface area contributed by atoms with Gasteiger partial charge in [0.2, 0.25) is 17.7 Å². The smallest absolute Gasteiger partial charge is 0.244 e. The molecule has 3 amide bonds. The number of halogens is 1. The minimum absolute atomic E-state index is 0.0168. The second-order valence-electron chi connectivity index (χ2n) is 5.90. The molecule has 0 saturated carbocycles. The number of nitrogens with one attached hydrogen (secondary N) is 1. The number of carbonyl (C=O) groups is 3. The first kappa shape index (κ1) is 17.9. The van der Waals surface area contributed by atoms with Gasteiger partial charge in [0, 0.05) is 33.1 Å². The SMILES string of the molecule is CC(=O)NC(C)C(=O)N1CCN(C(=O)Cc2ccccc2F)CC1. The summed E-state index contributed by atoms with van der Waals surface area (Å²) < 4.78 is 13.6. The maximum atomic E-state index is 13.6. The fourth-order valence-corrected chi connectivity index (χ4v) is 2.73. The number of amides is 3. The average Bonchev–Trinajstić information content (AvgIpc) is 2.55. The van der Waals surface area contributed by atoms with E-state index in [9.17, 15) is 18.8 Å². The van der Waals surface area contributed by atoms with Gasteiger partial charge in [-0.3, -0.25) is 14.4 Å². The van der Waals surface area contributed by atoms with Crippen molar-refractivity contribution in [1.82, 2.24) is 15.1 Å². The maximum absolute atomic E-state index is 13.6. The Kier molecular flexibility index (Phi) is 5.89. The van der Waals surface area contributed by atoms with Crippen LogP contribution in [0.15, 0.2) is 24.3 Å². The summed E-state index contributed by atoms with van der Waals surface area (Å²) in [6.07, 6.45) is 0.0168. The Morgan fingerprint density at radius 3 is 2.29 bits per heavy atom. The van der Waals surface area contributed by atoms with Crippen molar-refractivity contribution in [2.75, 3.05) is 26.2 Å². The average molecular weight is 335 g/mol. The van der Waals surface area contributed by atoms with Gasteiger partial charge in [0.1, 0.15) is 11.9 Å². The van der Waals surface area contributed by atoms with Crippen molar-refractivity contribution in [2.45, 2.75) is 26.3 Å². The molecule has 1 aromatic rings. The van der Waals surface area contributed by atoms with Gasteiger partial charge in [0.05, 0.1) is 6.42 Å². The van der Waals surface area contributed by atoms with E-state index in [0.717, 1.165) is 0 Å². The zero-order valence-electron chi connectivity index (χ0n) is 13.9. The lowest BCUT2D eigenvalue weighted by Gasteiger charge is -2.36. The van der Waals surface area contributed by atoms with Gasteiger partial charge in [-0.1, -0.05) is 18.2 Å². The van der Waals surface area contributed by atoms with Gasteiger partial charge in [0.15, 0.2) is 0 Å². The molecule has 1 saturated heterocycles. The van der Waals surface area contributed by atoms with Crippen molar-refractivity contribution >= 4 is 17.7 Å². The summed E-state index contributed by atoms with van der Waals surface area (Å²) in [6.45, 7) is 4.64. The Balaban J connectivity index is 1.86. The summed E-state index contributed by atoms with van der Waals surface area (Å²) in [5.74, 6) is -0.952. The lowest BCUT2D eigenvalue weighted by atomic mass is 10.1. The van der Waals surface area contributed by atoms with E-state index in [-0.39, 0.29) is 30.0 Å². The van der Waals surface area contributed by atoms with Crippen LogP contribution in [0.3, 0.4) is 0 Å². The largest absolute Gasteiger partial charge is 0.345 e. The van der Waals surface area contributed by atoms with Crippen LogP contribution in [0.5, 0.6) is 0 Å². The van der Waals surface area contributed by atoms with Crippen molar-refractivity contribution < 1.29 is 18.8 Å². The van der Waals surface area contributed by atoms with Crippen molar-refractivity contribution in [1.29, 1.82) is 0 Å². The van der Waals surface area contributed by atoms with Gasteiger partial charge < -0.3 is 15.1 Å². The van der Waals surface area contributed by atoms with Gasteiger partial charge in [-0.25, -0.2) is 4.39 Å². The molecular formula is C17H22FN3O3. The Hall–Kier alpha value is -2.44. The standard InChI is InChI=1S/C17H22FN3O3/c1-12(19-13(2)22)17(24)21-9-7-20(8-10-21)16(23)11-14-5-3-4-6-15(14)18/h3-6,12H,7-11H2,1-2H3,(H,19,22). The summed E-state index contributed by atoms with van der Waals surface area (Å²) in [5.41, 5.74) is 0.375. The first-order valence-corrected chi connectivity index (χ1v) is 7.95. The highest BCUT2D eigenvalue weighted by Crippen LogP contribution is 2.11. The fraction of sp³-hybridized carbons (Fsp3) is 0.471. The molecule has 1 heterocycles. The summed E-state index contributed by atoms with van der Waals surface area (Å²) in [5, 5.41) is 2.56. The van der Waals surface area contributed by atoms with Crippen molar-refractivity contribution in [3.8, 4) is 0 Å². The van der Waals surface area contributed by atoms with E-state index in [1.54, 1.807) is 34.9 Å². The monoisotopic (exact) mass is 335 g/mol. The number of carbonyl (C=O) groups excluding carboxylic acids is 3. The highest BCUT2D eigenvalue weighted by Gasteiger charge is 2.27. The van der Waals surface area contributed by atoms with E-state index in [2.05, 4.69) is 5.32 Å². The molecule has 0 aliphatic carbocycles. The van der Waals surface area contributed by atoms with E-state index in [0.29, 0.717) is 31.7 Å². The minimum atomic E-state index is -0.580. The molecule has 0 spiro atoms. The predicted molar refractivity (Wildman–Crippen MR) is 86.5 cm³/mol. The number of hydrogen-bond acceptors (Lipinski definition) is 3. The molecule has 1 fully saturated rings. The molecular weight excluding hydrogens is 313 g/mol. The van der Waals surface area contributed by atoms with Crippen LogP contribution in [0.25, 0.3) is 0 Å². The van der Waals surface area contributed by atoms with Crippen LogP contribution < -0.4 is 5.32 Å². The van der Waals surface area contributed by atoms with Gasteiger partial charge >= 0.3 is 0 Å². The van der Waals surface area contributed by atoms with E-state index in [4.69, 9.17) is 0 Å². The zero-order valence-corrected chi connectivity index (χ0v) is 13.9. The van der Waals surface area contributed by atoms with Crippen LogP contribution >= 0.6 is 0 Å². The van der Waals surface area contributed by atoms with E-state index in [1.165, 1.54) is 13.0 Å². The van der Waals surface area contributed by atoms with Gasteiger partial charge in [-0.15, -0.1) is 0 Å². The summed E-state index contributed by atoms with van der Waals surface area (Å²) in [6, 6.07) is 5.64. The van der Waals surface area contributed by atoms with Crippen LogP contribution in [0.2, 0.25) is 0 Å². The lowest BCUT2D eigenvalue weighted by Crippen LogP contribution is -2.55. The third kappa shape index (κ3) is 4.53. The molecule has 2 rings (SSSR count). The van der Waals surface area contributed by atoms with Crippen LogP contribution in [0.4, 0.5) is 4.39 Å². The van der Waals surface area contributed by atoms with Crippen LogP contribution in [-0.2, 0) is 20.8 Å². The van der Waals surface area contributed by atoms with Gasteiger partial charge in [-0.05, 0) is 18.6 Å². The zero-order chi connectivity index (χ0) is 17.7. The third-order valence-corrected chi connectivity index (χ3v) is 4.03. The second kappa shape index (κ2) is 7.90. The summed E-state index contributed by atoms with van der Waals surface area (Å²) >= 11 is 0. The molecule has 1 unspecified atom stereocenters. The molecule has 1 aliphatic heterocycles. The van der Waals surface area contributed by atoms with E-state index in [1.807, 2.05) is 0 Å². The molecule has 1 atom stereocenters. The van der Waals surface area contributed by atoms with Crippen LogP contribution in [-0.4, -0.2) is 59.7 Å². The first-order chi connectivity index (χ1) is 11.4. The maximum Gasteiger partial charge on any atom is 0.244 e. The Labute approximate surface area is 140 Å². The van der Waals surface area contributed by atoms with E-state index >= 15 is 0 Å². The number of piperazine rings is 1. The molecule has 7 heteroatoms. The Bertz CT molecular complexity index is 627.